The quantitative estimate of drug-likeness (QED) is 0.840. The molecule has 2 unspecified atom stereocenters. The fraction of sp³-hybridized carbons (Fsp3) is 0.733. The molecule has 1 fully saturated rings. The van der Waals surface area contributed by atoms with Crippen LogP contribution in [0.25, 0.3) is 0 Å². The van der Waals surface area contributed by atoms with Crippen molar-refractivity contribution >= 4 is 23.4 Å². The summed E-state index contributed by atoms with van der Waals surface area (Å²) >= 11 is 1.99. The van der Waals surface area contributed by atoms with Crippen molar-refractivity contribution in [1.82, 2.24) is 9.97 Å². The third-order valence-corrected chi connectivity index (χ3v) is 4.85. The molecule has 2 atom stereocenters. The van der Waals surface area contributed by atoms with Gasteiger partial charge in [-0.25, -0.2) is 9.97 Å². The first-order valence-corrected chi connectivity index (χ1v) is 8.95. The Morgan fingerprint density at radius 3 is 2.75 bits per heavy atom. The van der Waals surface area contributed by atoms with Gasteiger partial charge in [0, 0.05) is 30.3 Å². The molecule has 112 valence electrons. The van der Waals surface area contributed by atoms with Crippen LogP contribution in [0.1, 0.15) is 45.4 Å². The smallest absolute Gasteiger partial charge is 0.132 e. The van der Waals surface area contributed by atoms with E-state index < -0.39 is 0 Å². The van der Waals surface area contributed by atoms with Crippen molar-refractivity contribution in [2.24, 2.45) is 0 Å². The highest BCUT2D eigenvalue weighted by atomic mass is 32.2. The van der Waals surface area contributed by atoms with E-state index >= 15 is 0 Å². The van der Waals surface area contributed by atoms with Crippen LogP contribution in [0.5, 0.6) is 0 Å². The van der Waals surface area contributed by atoms with Gasteiger partial charge in [-0.1, -0.05) is 13.3 Å². The summed E-state index contributed by atoms with van der Waals surface area (Å²) in [6.07, 6.45) is 8.24. The molecule has 1 aromatic heterocycles. The van der Waals surface area contributed by atoms with Crippen LogP contribution in [-0.4, -0.2) is 34.1 Å². The monoisotopic (exact) mass is 294 g/mol. The number of aromatic nitrogens is 2. The fourth-order valence-corrected chi connectivity index (χ4v) is 3.53. The lowest BCUT2D eigenvalue weighted by Crippen LogP contribution is -2.29. The maximum atomic E-state index is 4.61. The maximum Gasteiger partial charge on any atom is 0.132 e. The lowest BCUT2D eigenvalue weighted by Gasteiger charge is -2.29. The number of hydrogen-bond acceptors (Lipinski definition) is 5. The van der Waals surface area contributed by atoms with Crippen LogP contribution >= 0.6 is 11.8 Å². The van der Waals surface area contributed by atoms with Gasteiger partial charge >= 0.3 is 0 Å². The molecule has 2 rings (SSSR count). The van der Waals surface area contributed by atoms with Crippen molar-refractivity contribution in [3.63, 3.8) is 0 Å². The van der Waals surface area contributed by atoms with Gasteiger partial charge < -0.3 is 10.6 Å². The van der Waals surface area contributed by atoms with Gasteiger partial charge in [0.05, 0.1) is 0 Å². The van der Waals surface area contributed by atoms with Crippen molar-refractivity contribution in [3.05, 3.63) is 11.9 Å². The molecule has 5 heteroatoms. The number of aryl methyl sites for hydroxylation is 1. The Labute approximate surface area is 126 Å². The minimum Gasteiger partial charge on any atom is -0.370 e. The Bertz CT molecular complexity index is 424. The number of anilines is 2. The van der Waals surface area contributed by atoms with E-state index in [1.165, 1.54) is 25.7 Å². The first-order valence-electron chi connectivity index (χ1n) is 7.66. The van der Waals surface area contributed by atoms with Gasteiger partial charge in [-0.05, 0) is 32.4 Å². The lowest BCUT2D eigenvalue weighted by molar-refractivity contribution is 0.472. The van der Waals surface area contributed by atoms with Gasteiger partial charge in [0.1, 0.15) is 17.5 Å². The first kappa shape index (κ1) is 15.4. The van der Waals surface area contributed by atoms with Gasteiger partial charge in [0.25, 0.3) is 0 Å². The molecule has 1 saturated carbocycles. The Morgan fingerprint density at radius 1 is 1.25 bits per heavy atom. The van der Waals surface area contributed by atoms with E-state index in [-0.39, 0.29) is 0 Å². The molecule has 2 N–H and O–H groups in total. The average molecular weight is 294 g/mol. The van der Waals surface area contributed by atoms with E-state index in [0.717, 1.165) is 35.7 Å². The van der Waals surface area contributed by atoms with E-state index in [1.807, 2.05) is 17.8 Å². The largest absolute Gasteiger partial charge is 0.370 e. The van der Waals surface area contributed by atoms with E-state index in [9.17, 15) is 0 Å². The van der Waals surface area contributed by atoms with Crippen molar-refractivity contribution in [1.29, 1.82) is 0 Å². The summed E-state index contributed by atoms with van der Waals surface area (Å²) in [5, 5.41) is 7.69. The number of nitrogens with one attached hydrogen (secondary N) is 2. The third kappa shape index (κ3) is 4.27. The Kier molecular flexibility index (Phi) is 5.95. The fourth-order valence-electron chi connectivity index (χ4n) is 2.70. The normalized spacial score (nSPS) is 22.6. The minimum absolute atomic E-state index is 0.551. The molecule has 4 nitrogen and oxygen atoms in total. The first-order chi connectivity index (χ1) is 9.75. The highest BCUT2D eigenvalue weighted by Gasteiger charge is 2.21. The Morgan fingerprint density at radius 2 is 2.05 bits per heavy atom. The van der Waals surface area contributed by atoms with Gasteiger partial charge in [0.15, 0.2) is 0 Å². The molecule has 0 aliphatic heterocycles. The summed E-state index contributed by atoms with van der Waals surface area (Å²) in [5.41, 5.74) is 0. The molecule has 0 radical (unpaired) electrons. The molecule has 0 aromatic carbocycles. The van der Waals surface area contributed by atoms with Gasteiger partial charge in [-0.15, -0.1) is 0 Å². The molecular weight excluding hydrogens is 268 g/mol. The molecule has 20 heavy (non-hydrogen) atoms. The highest BCUT2D eigenvalue weighted by molar-refractivity contribution is 7.99. The van der Waals surface area contributed by atoms with Crippen molar-refractivity contribution in [2.75, 3.05) is 23.4 Å². The number of hydrogen-bond donors (Lipinski definition) is 2. The second kappa shape index (κ2) is 7.72. The van der Waals surface area contributed by atoms with Crippen molar-refractivity contribution in [3.8, 4) is 0 Å². The van der Waals surface area contributed by atoms with Crippen molar-refractivity contribution in [2.45, 2.75) is 57.2 Å². The molecule has 0 spiro atoms. The Balaban J connectivity index is 2.05. The molecule has 1 aromatic rings. The number of thioether (sulfide) groups is 1. The summed E-state index contributed by atoms with van der Waals surface area (Å²) in [4.78, 5) is 9.11. The molecule has 0 saturated heterocycles. The summed E-state index contributed by atoms with van der Waals surface area (Å²) in [6.45, 7) is 5.07. The van der Waals surface area contributed by atoms with E-state index in [1.54, 1.807) is 0 Å². The van der Waals surface area contributed by atoms with E-state index in [4.69, 9.17) is 0 Å². The molecule has 0 amide bonds. The van der Waals surface area contributed by atoms with Crippen LogP contribution < -0.4 is 10.6 Å². The molecule has 1 heterocycles. The predicted molar refractivity (Wildman–Crippen MR) is 88.8 cm³/mol. The van der Waals surface area contributed by atoms with Crippen molar-refractivity contribution < 1.29 is 0 Å². The minimum atomic E-state index is 0.551. The molecule has 1 aliphatic rings. The second-order valence-corrected chi connectivity index (χ2v) is 6.44. The summed E-state index contributed by atoms with van der Waals surface area (Å²) in [6, 6.07) is 2.58. The average Bonchev–Trinajstić information content (AvgIpc) is 2.47. The number of rotatable bonds is 6. The van der Waals surface area contributed by atoms with Crippen LogP contribution in [0.4, 0.5) is 11.6 Å². The number of nitrogens with zero attached hydrogens (tertiary/aromatic N) is 2. The zero-order valence-electron chi connectivity index (χ0n) is 12.8. The van der Waals surface area contributed by atoms with Gasteiger partial charge in [0.2, 0.25) is 0 Å². The Hall–Kier alpha value is -0.970. The predicted octanol–water partition coefficient (Wildman–Crippen LogP) is 3.56. The zero-order chi connectivity index (χ0) is 14.4. The van der Waals surface area contributed by atoms with Crippen LogP contribution in [0.2, 0.25) is 0 Å². The standard InChI is InChI=1S/C15H26N4S/c1-4-13-18-14(16-5-2)10-15(19-13)17-11-7-6-8-12(9-11)20-3/h10-12H,4-9H2,1-3H3,(H2,16,17,18,19). The summed E-state index contributed by atoms with van der Waals surface area (Å²) in [5.74, 6) is 2.81. The van der Waals surface area contributed by atoms with Crippen LogP contribution in [-0.2, 0) is 6.42 Å². The highest BCUT2D eigenvalue weighted by Crippen LogP contribution is 2.28. The molecule has 1 aliphatic carbocycles. The van der Waals surface area contributed by atoms with E-state index in [2.05, 4.69) is 40.7 Å². The second-order valence-electron chi connectivity index (χ2n) is 5.30. The third-order valence-electron chi connectivity index (χ3n) is 3.76. The van der Waals surface area contributed by atoms with Crippen LogP contribution in [0, 0.1) is 0 Å². The molecular formula is C15H26N4S. The summed E-state index contributed by atoms with van der Waals surface area (Å²) < 4.78 is 0. The van der Waals surface area contributed by atoms with Gasteiger partial charge in [-0.2, -0.15) is 11.8 Å². The van der Waals surface area contributed by atoms with Crippen LogP contribution in [0.15, 0.2) is 6.07 Å². The maximum absolute atomic E-state index is 4.61. The van der Waals surface area contributed by atoms with Gasteiger partial charge in [-0.3, -0.25) is 0 Å². The topological polar surface area (TPSA) is 49.8 Å². The lowest BCUT2D eigenvalue weighted by atomic mass is 9.95. The zero-order valence-corrected chi connectivity index (χ0v) is 13.6. The van der Waals surface area contributed by atoms with Crippen LogP contribution in [0.3, 0.4) is 0 Å². The molecule has 0 bridgehead atoms. The van der Waals surface area contributed by atoms with E-state index in [0.29, 0.717) is 6.04 Å². The summed E-state index contributed by atoms with van der Waals surface area (Å²) in [7, 11) is 0. The SMILES string of the molecule is CCNc1cc(NC2CCCC(SC)C2)nc(CC)n1.